The molecule has 1 aliphatic rings. The Morgan fingerprint density at radius 3 is 2.57 bits per heavy atom. The number of hydrogen-bond donors (Lipinski definition) is 2. The van der Waals surface area contributed by atoms with Crippen molar-refractivity contribution >= 4 is 24.2 Å². The minimum atomic E-state index is -0.0448. The summed E-state index contributed by atoms with van der Waals surface area (Å²) in [6, 6.07) is 7.44. The smallest absolute Gasteiger partial charge is 0.253 e. The summed E-state index contributed by atoms with van der Waals surface area (Å²) in [6.07, 6.45) is 1.84. The van der Waals surface area contributed by atoms with E-state index in [0.717, 1.165) is 24.9 Å². The zero-order valence-electron chi connectivity index (χ0n) is 12.2. The summed E-state index contributed by atoms with van der Waals surface area (Å²) in [4.78, 5) is 25.3. The van der Waals surface area contributed by atoms with E-state index in [1.807, 2.05) is 29.2 Å². The molecule has 1 unspecified atom stereocenters. The highest BCUT2D eigenvalue weighted by Crippen LogP contribution is 2.14. The predicted octanol–water partition coefficient (Wildman–Crippen LogP) is 1.31. The number of halogens is 1. The third-order valence-corrected chi connectivity index (χ3v) is 3.55. The Kier molecular flexibility index (Phi) is 6.65. The van der Waals surface area contributed by atoms with Gasteiger partial charge in [0.05, 0.1) is 0 Å². The van der Waals surface area contributed by atoms with Crippen LogP contribution in [0.2, 0.25) is 0 Å². The summed E-state index contributed by atoms with van der Waals surface area (Å²) in [5.41, 5.74) is 7.23. The maximum absolute atomic E-state index is 12.4. The SMILES string of the molecule is CC(=O)NC1CCCN(C(=O)c2ccc(CN)cc2)C1.Cl. The summed E-state index contributed by atoms with van der Waals surface area (Å²) in [5, 5.41) is 2.89. The van der Waals surface area contributed by atoms with Gasteiger partial charge in [0, 0.05) is 38.2 Å². The summed E-state index contributed by atoms with van der Waals surface area (Å²) in [5.74, 6) is -0.0276. The molecule has 2 amide bonds. The van der Waals surface area contributed by atoms with Gasteiger partial charge in [-0.3, -0.25) is 9.59 Å². The van der Waals surface area contributed by atoms with Gasteiger partial charge in [0.15, 0.2) is 0 Å². The van der Waals surface area contributed by atoms with Crippen molar-refractivity contribution in [3.63, 3.8) is 0 Å². The van der Waals surface area contributed by atoms with E-state index in [2.05, 4.69) is 5.32 Å². The van der Waals surface area contributed by atoms with Gasteiger partial charge in [-0.2, -0.15) is 0 Å². The molecule has 2 rings (SSSR count). The van der Waals surface area contributed by atoms with Crippen molar-refractivity contribution in [2.75, 3.05) is 13.1 Å². The number of likely N-dealkylation sites (tertiary alicyclic amines) is 1. The van der Waals surface area contributed by atoms with Gasteiger partial charge in [0.25, 0.3) is 5.91 Å². The van der Waals surface area contributed by atoms with Crippen LogP contribution in [-0.2, 0) is 11.3 Å². The van der Waals surface area contributed by atoms with Crippen LogP contribution in [0.25, 0.3) is 0 Å². The lowest BCUT2D eigenvalue weighted by molar-refractivity contribution is -0.120. The second-order valence-electron chi connectivity index (χ2n) is 5.19. The Bertz CT molecular complexity index is 490. The number of hydrogen-bond acceptors (Lipinski definition) is 3. The molecule has 0 radical (unpaired) electrons. The van der Waals surface area contributed by atoms with Gasteiger partial charge in [-0.15, -0.1) is 12.4 Å². The molecule has 1 aliphatic heterocycles. The Morgan fingerprint density at radius 1 is 1.33 bits per heavy atom. The Hall–Kier alpha value is -1.59. The molecule has 1 atom stereocenters. The lowest BCUT2D eigenvalue weighted by Gasteiger charge is -2.33. The number of piperidine rings is 1. The molecule has 0 saturated carbocycles. The monoisotopic (exact) mass is 311 g/mol. The normalized spacial score (nSPS) is 17.8. The molecule has 1 saturated heterocycles. The third-order valence-electron chi connectivity index (χ3n) is 3.55. The van der Waals surface area contributed by atoms with E-state index in [-0.39, 0.29) is 30.3 Å². The fraction of sp³-hybridized carbons (Fsp3) is 0.467. The zero-order valence-corrected chi connectivity index (χ0v) is 13.0. The average Bonchev–Trinajstić information content (AvgIpc) is 2.46. The maximum atomic E-state index is 12.4. The second-order valence-corrected chi connectivity index (χ2v) is 5.19. The molecular formula is C15H22ClN3O2. The average molecular weight is 312 g/mol. The molecule has 1 heterocycles. The zero-order chi connectivity index (χ0) is 14.5. The standard InChI is InChI=1S/C15H21N3O2.ClH/c1-11(19)17-14-3-2-8-18(10-14)15(20)13-6-4-12(9-16)5-7-13;/h4-7,14H,2-3,8-10,16H2,1H3,(H,17,19);1H. The highest BCUT2D eigenvalue weighted by atomic mass is 35.5. The van der Waals surface area contributed by atoms with Gasteiger partial charge in [0.1, 0.15) is 0 Å². The van der Waals surface area contributed by atoms with Crippen molar-refractivity contribution in [1.82, 2.24) is 10.2 Å². The van der Waals surface area contributed by atoms with E-state index in [0.29, 0.717) is 18.7 Å². The van der Waals surface area contributed by atoms with Crippen LogP contribution in [0.3, 0.4) is 0 Å². The second kappa shape index (κ2) is 8.00. The van der Waals surface area contributed by atoms with Crippen molar-refractivity contribution in [1.29, 1.82) is 0 Å². The largest absolute Gasteiger partial charge is 0.352 e. The first-order valence-corrected chi connectivity index (χ1v) is 6.95. The molecule has 6 heteroatoms. The van der Waals surface area contributed by atoms with Crippen LogP contribution in [-0.4, -0.2) is 35.8 Å². The number of carbonyl (C=O) groups excluding carboxylic acids is 2. The molecular weight excluding hydrogens is 290 g/mol. The van der Waals surface area contributed by atoms with Crippen LogP contribution < -0.4 is 11.1 Å². The first-order chi connectivity index (χ1) is 9.60. The number of rotatable bonds is 3. The van der Waals surface area contributed by atoms with Crippen LogP contribution in [0.15, 0.2) is 24.3 Å². The first-order valence-electron chi connectivity index (χ1n) is 6.95. The van der Waals surface area contributed by atoms with E-state index >= 15 is 0 Å². The summed E-state index contributed by atoms with van der Waals surface area (Å²) in [6.45, 7) is 3.31. The summed E-state index contributed by atoms with van der Waals surface area (Å²) >= 11 is 0. The minimum Gasteiger partial charge on any atom is -0.352 e. The van der Waals surface area contributed by atoms with E-state index in [1.54, 1.807) is 0 Å². The number of benzene rings is 1. The van der Waals surface area contributed by atoms with E-state index in [1.165, 1.54) is 6.92 Å². The summed E-state index contributed by atoms with van der Waals surface area (Å²) < 4.78 is 0. The lowest BCUT2D eigenvalue weighted by Crippen LogP contribution is -2.49. The summed E-state index contributed by atoms with van der Waals surface area (Å²) in [7, 11) is 0. The van der Waals surface area contributed by atoms with Crippen molar-refractivity contribution in [2.24, 2.45) is 5.73 Å². The van der Waals surface area contributed by atoms with Crippen LogP contribution in [0, 0.1) is 0 Å². The topological polar surface area (TPSA) is 75.4 Å². The molecule has 1 fully saturated rings. The fourth-order valence-electron chi connectivity index (χ4n) is 2.53. The van der Waals surface area contributed by atoms with Crippen LogP contribution in [0.5, 0.6) is 0 Å². The Balaban J connectivity index is 0.00000220. The highest BCUT2D eigenvalue weighted by molar-refractivity contribution is 5.94. The van der Waals surface area contributed by atoms with Gasteiger partial charge in [-0.05, 0) is 30.5 Å². The number of carbonyl (C=O) groups is 2. The number of nitrogens with two attached hydrogens (primary N) is 1. The fourth-order valence-corrected chi connectivity index (χ4v) is 2.53. The van der Waals surface area contributed by atoms with Gasteiger partial charge in [-0.1, -0.05) is 12.1 Å². The van der Waals surface area contributed by atoms with Crippen LogP contribution in [0.1, 0.15) is 35.7 Å². The molecule has 21 heavy (non-hydrogen) atoms. The molecule has 0 aliphatic carbocycles. The predicted molar refractivity (Wildman–Crippen MR) is 84.3 cm³/mol. The molecule has 0 spiro atoms. The van der Waals surface area contributed by atoms with Crippen molar-refractivity contribution in [2.45, 2.75) is 32.4 Å². The third kappa shape index (κ3) is 4.72. The maximum Gasteiger partial charge on any atom is 0.253 e. The van der Waals surface area contributed by atoms with Crippen LogP contribution in [0.4, 0.5) is 0 Å². The number of amides is 2. The molecule has 116 valence electrons. The minimum absolute atomic E-state index is 0. The number of nitrogens with zero attached hydrogens (tertiary/aromatic N) is 1. The van der Waals surface area contributed by atoms with Crippen molar-refractivity contribution in [3.05, 3.63) is 35.4 Å². The van der Waals surface area contributed by atoms with Crippen molar-refractivity contribution < 1.29 is 9.59 Å². The Morgan fingerprint density at radius 2 is 2.00 bits per heavy atom. The van der Waals surface area contributed by atoms with Crippen LogP contribution >= 0.6 is 12.4 Å². The molecule has 0 aromatic heterocycles. The van der Waals surface area contributed by atoms with E-state index in [9.17, 15) is 9.59 Å². The highest BCUT2D eigenvalue weighted by Gasteiger charge is 2.24. The number of nitrogens with one attached hydrogen (secondary N) is 1. The molecule has 1 aromatic carbocycles. The van der Waals surface area contributed by atoms with E-state index in [4.69, 9.17) is 5.73 Å². The van der Waals surface area contributed by atoms with Gasteiger partial charge < -0.3 is 16.0 Å². The van der Waals surface area contributed by atoms with Crippen molar-refractivity contribution in [3.8, 4) is 0 Å². The molecule has 1 aromatic rings. The molecule has 0 bridgehead atoms. The quantitative estimate of drug-likeness (QED) is 0.883. The van der Waals surface area contributed by atoms with Gasteiger partial charge >= 0.3 is 0 Å². The molecule has 3 N–H and O–H groups in total. The first kappa shape index (κ1) is 17.5. The van der Waals surface area contributed by atoms with Gasteiger partial charge in [0.2, 0.25) is 5.91 Å². The Labute approximate surface area is 131 Å². The van der Waals surface area contributed by atoms with E-state index < -0.39 is 0 Å². The van der Waals surface area contributed by atoms with Gasteiger partial charge in [-0.25, -0.2) is 0 Å². The molecule has 5 nitrogen and oxygen atoms in total. The lowest BCUT2D eigenvalue weighted by atomic mass is 10.0.